The van der Waals surface area contributed by atoms with E-state index in [-0.39, 0.29) is 17.9 Å². The number of amides is 2. The number of hydrogen-bond donors (Lipinski definition) is 1. The zero-order valence-electron chi connectivity index (χ0n) is 14.7. The highest BCUT2D eigenvalue weighted by Gasteiger charge is 2.12. The number of ether oxygens (including phenoxy) is 1. The van der Waals surface area contributed by atoms with Gasteiger partial charge in [0, 0.05) is 38.1 Å². The standard InChI is InChI=1S/C19H23N3O3/c1-14(2)25-18-8-6-17(7-9-18)22(15(3)23)12-11-21-19(24)16-5-4-10-20-13-16/h4-10,13-14H,11-12H2,1-3H3,(H,21,24). The Kier molecular flexibility index (Phi) is 6.51. The Labute approximate surface area is 147 Å². The van der Waals surface area contributed by atoms with Crippen LogP contribution in [-0.2, 0) is 4.79 Å². The summed E-state index contributed by atoms with van der Waals surface area (Å²) in [5.74, 6) is 0.456. The van der Waals surface area contributed by atoms with Crippen LogP contribution in [0.15, 0.2) is 48.8 Å². The summed E-state index contributed by atoms with van der Waals surface area (Å²) in [6.07, 6.45) is 3.21. The van der Waals surface area contributed by atoms with Crippen molar-refractivity contribution < 1.29 is 14.3 Å². The van der Waals surface area contributed by atoms with Crippen molar-refractivity contribution in [3.8, 4) is 5.75 Å². The third-order valence-corrected chi connectivity index (χ3v) is 3.44. The molecule has 0 unspecified atom stereocenters. The largest absolute Gasteiger partial charge is 0.491 e. The highest BCUT2D eigenvalue weighted by atomic mass is 16.5. The first-order valence-corrected chi connectivity index (χ1v) is 8.20. The van der Waals surface area contributed by atoms with Crippen molar-refractivity contribution in [3.63, 3.8) is 0 Å². The lowest BCUT2D eigenvalue weighted by molar-refractivity contribution is -0.116. The van der Waals surface area contributed by atoms with E-state index in [0.717, 1.165) is 11.4 Å². The first kappa shape index (κ1) is 18.4. The molecule has 0 aliphatic rings. The maximum Gasteiger partial charge on any atom is 0.252 e. The minimum atomic E-state index is -0.211. The molecule has 2 rings (SSSR count). The molecule has 0 spiro atoms. The van der Waals surface area contributed by atoms with Crippen molar-refractivity contribution in [2.75, 3.05) is 18.0 Å². The average Bonchev–Trinajstić information content (AvgIpc) is 2.59. The van der Waals surface area contributed by atoms with E-state index < -0.39 is 0 Å². The van der Waals surface area contributed by atoms with Crippen LogP contribution in [0.3, 0.4) is 0 Å². The Morgan fingerprint density at radius 1 is 1.20 bits per heavy atom. The summed E-state index contributed by atoms with van der Waals surface area (Å²) in [5.41, 5.74) is 1.26. The molecular weight excluding hydrogens is 318 g/mol. The molecule has 1 aromatic heterocycles. The highest BCUT2D eigenvalue weighted by Crippen LogP contribution is 2.20. The number of anilines is 1. The molecule has 0 radical (unpaired) electrons. The number of carbonyl (C=O) groups excluding carboxylic acids is 2. The Hall–Kier alpha value is -2.89. The molecule has 25 heavy (non-hydrogen) atoms. The molecule has 6 heteroatoms. The highest BCUT2D eigenvalue weighted by molar-refractivity contribution is 5.94. The molecule has 6 nitrogen and oxygen atoms in total. The van der Waals surface area contributed by atoms with Gasteiger partial charge in [-0.1, -0.05) is 0 Å². The molecule has 1 heterocycles. The van der Waals surface area contributed by atoms with Crippen molar-refractivity contribution in [2.24, 2.45) is 0 Å². The van der Waals surface area contributed by atoms with Gasteiger partial charge in [0.2, 0.25) is 5.91 Å². The second kappa shape index (κ2) is 8.82. The van der Waals surface area contributed by atoms with E-state index in [9.17, 15) is 9.59 Å². The zero-order chi connectivity index (χ0) is 18.2. The lowest BCUT2D eigenvalue weighted by atomic mass is 10.2. The van der Waals surface area contributed by atoms with Crippen LogP contribution in [0.1, 0.15) is 31.1 Å². The molecule has 0 atom stereocenters. The molecule has 2 amide bonds. The summed E-state index contributed by atoms with van der Waals surface area (Å²) in [4.78, 5) is 29.5. The van der Waals surface area contributed by atoms with Crippen LogP contribution in [0, 0.1) is 0 Å². The van der Waals surface area contributed by atoms with Gasteiger partial charge in [-0.2, -0.15) is 0 Å². The fourth-order valence-corrected chi connectivity index (χ4v) is 2.33. The summed E-state index contributed by atoms with van der Waals surface area (Å²) in [6.45, 7) is 6.15. The lowest BCUT2D eigenvalue weighted by Gasteiger charge is -2.22. The number of nitrogens with zero attached hydrogens (tertiary/aromatic N) is 2. The number of pyridine rings is 1. The average molecular weight is 341 g/mol. The summed E-state index contributed by atoms with van der Waals surface area (Å²) in [6, 6.07) is 10.7. The van der Waals surface area contributed by atoms with Gasteiger partial charge in [0.15, 0.2) is 0 Å². The normalized spacial score (nSPS) is 10.4. The molecule has 132 valence electrons. The quantitative estimate of drug-likeness (QED) is 0.840. The molecule has 1 N–H and O–H groups in total. The number of benzene rings is 1. The smallest absolute Gasteiger partial charge is 0.252 e. The maximum absolute atomic E-state index is 12.0. The van der Waals surface area contributed by atoms with Crippen LogP contribution in [0.2, 0.25) is 0 Å². The Balaban J connectivity index is 1.94. The topological polar surface area (TPSA) is 71.5 Å². The van der Waals surface area contributed by atoms with Crippen LogP contribution in [0.4, 0.5) is 5.69 Å². The van der Waals surface area contributed by atoms with E-state index in [1.54, 1.807) is 23.2 Å². The minimum absolute atomic E-state index is 0.0897. The van der Waals surface area contributed by atoms with Crippen molar-refractivity contribution in [1.82, 2.24) is 10.3 Å². The van der Waals surface area contributed by atoms with Gasteiger partial charge in [-0.3, -0.25) is 14.6 Å². The summed E-state index contributed by atoms with van der Waals surface area (Å²) in [7, 11) is 0. The van der Waals surface area contributed by atoms with E-state index in [2.05, 4.69) is 10.3 Å². The second-order valence-electron chi connectivity index (χ2n) is 5.83. The number of hydrogen-bond acceptors (Lipinski definition) is 4. The molecule has 0 aliphatic carbocycles. The minimum Gasteiger partial charge on any atom is -0.491 e. The van der Waals surface area contributed by atoms with Crippen molar-refractivity contribution in [2.45, 2.75) is 26.9 Å². The SMILES string of the molecule is CC(=O)N(CCNC(=O)c1cccnc1)c1ccc(OC(C)C)cc1. The van der Waals surface area contributed by atoms with Gasteiger partial charge in [-0.25, -0.2) is 0 Å². The third kappa shape index (κ3) is 5.60. The molecular formula is C19H23N3O3. The Morgan fingerprint density at radius 2 is 1.92 bits per heavy atom. The maximum atomic E-state index is 12.0. The summed E-state index contributed by atoms with van der Waals surface area (Å²) in [5, 5.41) is 2.79. The van der Waals surface area contributed by atoms with Crippen molar-refractivity contribution in [1.29, 1.82) is 0 Å². The van der Waals surface area contributed by atoms with Gasteiger partial charge in [-0.15, -0.1) is 0 Å². The predicted molar refractivity (Wildman–Crippen MR) is 96.8 cm³/mol. The molecule has 0 saturated heterocycles. The van der Waals surface area contributed by atoms with E-state index in [1.807, 2.05) is 38.1 Å². The Morgan fingerprint density at radius 3 is 2.48 bits per heavy atom. The van der Waals surface area contributed by atoms with Crippen molar-refractivity contribution in [3.05, 3.63) is 54.4 Å². The molecule has 2 aromatic rings. The van der Waals surface area contributed by atoms with E-state index >= 15 is 0 Å². The first-order valence-electron chi connectivity index (χ1n) is 8.20. The molecule has 0 saturated carbocycles. The lowest BCUT2D eigenvalue weighted by Crippen LogP contribution is -2.37. The molecule has 0 aliphatic heterocycles. The number of aromatic nitrogens is 1. The Bertz CT molecular complexity index is 700. The van der Waals surface area contributed by atoms with Gasteiger partial charge in [0.25, 0.3) is 5.91 Å². The number of nitrogens with one attached hydrogen (secondary N) is 1. The fraction of sp³-hybridized carbons (Fsp3) is 0.316. The molecule has 0 bridgehead atoms. The third-order valence-electron chi connectivity index (χ3n) is 3.44. The second-order valence-corrected chi connectivity index (χ2v) is 5.83. The van der Waals surface area contributed by atoms with Gasteiger partial charge < -0.3 is 15.0 Å². The van der Waals surface area contributed by atoms with Crippen molar-refractivity contribution >= 4 is 17.5 Å². The fourth-order valence-electron chi connectivity index (χ4n) is 2.33. The van der Waals surface area contributed by atoms with Gasteiger partial charge in [0.1, 0.15) is 5.75 Å². The summed E-state index contributed by atoms with van der Waals surface area (Å²) < 4.78 is 5.60. The van der Waals surface area contributed by atoms with Crippen LogP contribution in [0.5, 0.6) is 5.75 Å². The zero-order valence-corrected chi connectivity index (χ0v) is 14.7. The van der Waals surface area contributed by atoms with Crippen LogP contribution >= 0.6 is 0 Å². The van der Waals surface area contributed by atoms with Gasteiger partial charge >= 0.3 is 0 Å². The van der Waals surface area contributed by atoms with Gasteiger partial charge in [0.05, 0.1) is 11.7 Å². The monoisotopic (exact) mass is 341 g/mol. The molecule has 1 aromatic carbocycles. The predicted octanol–water partition coefficient (Wildman–Crippen LogP) is 2.65. The van der Waals surface area contributed by atoms with Crippen LogP contribution < -0.4 is 15.0 Å². The molecule has 0 fully saturated rings. The number of carbonyl (C=O) groups is 2. The van der Waals surface area contributed by atoms with Crippen LogP contribution in [0.25, 0.3) is 0 Å². The van der Waals surface area contributed by atoms with Crippen LogP contribution in [-0.4, -0.2) is 36.0 Å². The summed E-state index contributed by atoms with van der Waals surface area (Å²) >= 11 is 0. The van der Waals surface area contributed by atoms with Gasteiger partial charge in [-0.05, 0) is 50.2 Å². The van der Waals surface area contributed by atoms with E-state index in [1.165, 1.54) is 13.1 Å². The number of rotatable bonds is 7. The van der Waals surface area contributed by atoms with E-state index in [4.69, 9.17) is 4.74 Å². The first-order chi connectivity index (χ1) is 12.0. The van der Waals surface area contributed by atoms with E-state index in [0.29, 0.717) is 18.7 Å².